The van der Waals surface area contributed by atoms with E-state index in [9.17, 15) is 0 Å². The van der Waals surface area contributed by atoms with Gasteiger partial charge >= 0.3 is 0 Å². The molecule has 0 aliphatic heterocycles. The van der Waals surface area contributed by atoms with Gasteiger partial charge in [-0.15, -0.1) is 0 Å². The average molecular weight is 227 g/mol. The third kappa shape index (κ3) is 3.64. The van der Waals surface area contributed by atoms with Gasteiger partial charge in [0.2, 0.25) is 0 Å². The number of aromatic nitrogens is 2. The van der Waals surface area contributed by atoms with E-state index in [1.165, 1.54) is 11.1 Å². The molecular formula is C14H17N3. The topological polar surface area (TPSA) is 37.8 Å². The second-order valence-corrected chi connectivity index (χ2v) is 4.07. The first-order chi connectivity index (χ1) is 8.36. The van der Waals surface area contributed by atoms with Crippen molar-refractivity contribution in [2.24, 2.45) is 0 Å². The number of hydrogen-bond acceptors (Lipinski definition) is 3. The van der Waals surface area contributed by atoms with Crippen molar-refractivity contribution in [1.82, 2.24) is 15.3 Å². The van der Waals surface area contributed by atoms with Gasteiger partial charge in [-0.3, -0.25) is 9.97 Å². The van der Waals surface area contributed by atoms with Gasteiger partial charge < -0.3 is 5.32 Å². The van der Waals surface area contributed by atoms with Gasteiger partial charge in [0.05, 0.1) is 0 Å². The maximum atomic E-state index is 4.10. The molecule has 3 nitrogen and oxygen atoms in total. The molecule has 0 bridgehead atoms. The Kier molecular flexibility index (Phi) is 4.22. The van der Waals surface area contributed by atoms with Gasteiger partial charge in [0.25, 0.3) is 0 Å². The third-order valence-corrected chi connectivity index (χ3v) is 2.79. The summed E-state index contributed by atoms with van der Waals surface area (Å²) in [4.78, 5) is 8.12. The summed E-state index contributed by atoms with van der Waals surface area (Å²) in [7, 11) is 0. The molecule has 2 aromatic rings. The minimum Gasteiger partial charge on any atom is -0.310 e. The first-order valence-corrected chi connectivity index (χ1v) is 5.88. The third-order valence-electron chi connectivity index (χ3n) is 2.79. The van der Waals surface area contributed by atoms with E-state index in [0.717, 1.165) is 13.0 Å². The van der Waals surface area contributed by atoms with E-state index in [2.05, 4.69) is 28.3 Å². The molecule has 0 aromatic carbocycles. The van der Waals surface area contributed by atoms with Crippen molar-refractivity contribution in [1.29, 1.82) is 0 Å². The van der Waals surface area contributed by atoms with Crippen LogP contribution in [0.2, 0.25) is 0 Å². The smallest absolute Gasteiger partial charge is 0.0300 e. The van der Waals surface area contributed by atoms with Crippen LogP contribution in [0, 0.1) is 0 Å². The quantitative estimate of drug-likeness (QED) is 0.852. The van der Waals surface area contributed by atoms with Crippen LogP contribution in [0.15, 0.2) is 49.1 Å². The zero-order chi connectivity index (χ0) is 11.9. The number of nitrogens with zero attached hydrogens (tertiary/aromatic N) is 2. The molecule has 0 spiro atoms. The highest BCUT2D eigenvalue weighted by Gasteiger charge is 2.03. The molecular weight excluding hydrogens is 210 g/mol. The van der Waals surface area contributed by atoms with Gasteiger partial charge in [-0.1, -0.05) is 6.07 Å². The Morgan fingerprint density at radius 2 is 1.94 bits per heavy atom. The molecule has 0 unspecified atom stereocenters. The zero-order valence-electron chi connectivity index (χ0n) is 10.0. The summed E-state index contributed by atoms with van der Waals surface area (Å²) in [5, 5.41) is 3.49. The lowest BCUT2D eigenvalue weighted by molar-refractivity contribution is 0.576. The molecule has 0 aliphatic rings. The second kappa shape index (κ2) is 6.11. The minimum absolute atomic E-state index is 0.356. The summed E-state index contributed by atoms with van der Waals surface area (Å²) in [6.07, 6.45) is 8.38. The summed E-state index contributed by atoms with van der Waals surface area (Å²) in [5.41, 5.74) is 2.54. The van der Waals surface area contributed by atoms with E-state index in [1.807, 2.05) is 36.8 Å². The van der Waals surface area contributed by atoms with Crippen molar-refractivity contribution in [2.45, 2.75) is 19.4 Å². The van der Waals surface area contributed by atoms with E-state index in [-0.39, 0.29) is 0 Å². The van der Waals surface area contributed by atoms with Gasteiger partial charge in [-0.2, -0.15) is 0 Å². The van der Waals surface area contributed by atoms with Crippen molar-refractivity contribution in [2.75, 3.05) is 6.54 Å². The lowest BCUT2D eigenvalue weighted by Crippen LogP contribution is -2.21. The molecule has 3 heteroatoms. The largest absolute Gasteiger partial charge is 0.310 e. The van der Waals surface area contributed by atoms with Gasteiger partial charge in [0.1, 0.15) is 0 Å². The van der Waals surface area contributed by atoms with E-state index in [4.69, 9.17) is 0 Å². The molecule has 1 atom stereocenters. The highest BCUT2D eigenvalue weighted by atomic mass is 14.9. The first kappa shape index (κ1) is 11.7. The molecule has 17 heavy (non-hydrogen) atoms. The molecule has 0 radical (unpaired) electrons. The molecule has 1 N–H and O–H groups in total. The van der Waals surface area contributed by atoms with Crippen LogP contribution in [0.4, 0.5) is 0 Å². The summed E-state index contributed by atoms with van der Waals surface area (Å²) < 4.78 is 0. The highest BCUT2D eigenvalue weighted by Crippen LogP contribution is 2.09. The predicted octanol–water partition coefficient (Wildman–Crippen LogP) is 2.37. The first-order valence-electron chi connectivity index (χ1n) is 5.88. The zero-order valence-corrected chi connectivity index (χ0v) is 10.0. The van der Waals surface area contributed by atoms with Crippen LogP contribution in [-0.4, -0.2) is 16.5 Å². The van der Waals surface area contributed by atoms with E-state index in [0.29, 0.717) is 6.04 Å². The van der Waals surface area contributed by atoms with Crippen molar-refractivity contribution in [3.63, 3.8) is 0 Å². The Morgan fingerprint density at radius 1 is 1.12 bits per heavy atom. The molecule has 0 amide bonds. The molecule has 0 saturated heterocycles. The standard InChI is InChI=1S/C14H17N3/c1-12(14-5-8-15-9-6-14)17-10-4-13-3-2-7-16-11-13/h2-3,5-9,11-12,17H,4,10H2,1H3/t12-/m0/s1. The highest BCUT2D eigenvalue weighted by molar-refractivity contribution is 5.14. The maximum absolute atomic E-state index is 4.10. The second-order valence-electron chi connectivity index (χ2n) is 4.07. The van der Waals surface area contributed by atoms with Crippen LogP contribution in [0.5, 0.6) is 0 Å². The fourth-order valence-corrected chi connectivity index (χ4v) is 1.75. The molecule has 0 aliphatic carbocycles. The van der Waals surface area contributed by atoms with E-state index in [1.54, 1.807) is 6.20 Å². The molecule has 0 fully saturated rings. The van der Waals surface area contributed by atoms with Crippen LogP contribution >= 0.6 is 0 Å². The molecule has 2 aromatic heterocycles. The average Bonchev–Trinajstić information content (AvgIpc) is 2.41. The summed E-state index contributed by atoms with van der Waals surface area (Å²) in [6, 6.07) is 8.52. The van der Waals surface area contributed by atoms with Gasteiger partial charge in [-0.05, 0) is 49.2 Å². The minimum atomic E-state index is 0.356. The number of hydrogen-bond donors (Lipinski definition) is 1. The van der Waals surface area contributed by atoms with Crippen LogP contribution in [0.25, 0.3) is 0 Å². The van der Waals surface area contributed by atoms with Crippen LogP contribution in [-0.2, 0) is 6.42 Å². The predicted molar refractivity (Wildman–Crippen MR) is 68.6 cm³/mol. The number of pyridine rings is 2. The normalized spacial score (nSPS) is 12.3. The Labute approximate surface area is 102 Å². The Hall–Kier alpha value is -1.74. The Morgan fingerprint density at radius 3 is 2.65 bits per heavy atom. The molecule has 2 rings (SSSR count). The van der Waals surface area contributed by atoms with Crippen molar-refractivity contribution >= 4 is 0 Å². The SMILES string of the molecule is C[C@H](NCCc1cccnc1)c1ccncc1. The molecule has 2 heterocycles. The molecule has 88 valence electrons. The van der Waals surface area contributed by atoms with E-state index < -0.39 is 0 Å². The summed E-state index contributed by atoms with van der Waals surface area (Å²) in [6.45, 7) is 3.12. The summed E-state index contributed by atoms with van der Waals surface area (Å²) >= 11 is 0. The van der Waals surface area contributed by atoms with E-state index >= 15 is 0 Å². The number of rotatable bonds is 5. The van der Waals surface area contributed by atoms with Crippen molar-refractivity contribution < 1.29 is 0 Å². The van der Waals surface area contributed by atoms with Crippen LogP contribution in [0.3, 0.4) is 0 Å². The van der Waals surface area contributed by atoms with Gasteiger partial charge in [0.15, 0.2) is 0 Å². The monoisotopic (exact) mass is 227 g/mol. The van der Waals surface area contributed by atoms with Crippen LogP contribution in [0.1, 0.15) is 24.1 Å². The van der Waals surface area contributed by atoms with Gasteiger partial charge in [0, 0.05) is 30.8 Å². The van der Waals surface area contributed by atoms with Crippen molar-refractivity contribution in [3.05, 3.63) is 60.2 Å². The summed E-state index contributed by atoms with van der Waals surface area (Å²) in [5.74, 6) is 0. The fraction of sp³-hybridized carbons (Fsp3) is 0.286. The Bertz CT molecular complexity index is 428. The lowest BCUT2D eigenvalue weighted by Gasteiger charge is -2.13. The number of nitrogens with one attached hydrogen (secondary N) is 1. The maximum Gasteiger partial charge on any atom is 0.0300 e. The van der Waals surface area contributed by atoms with Crippen LogP contribution < -0.4 is 5.32 Å². The van der Waals surface area contributed by atoms with Crippen molar-refractivity contribution in [3.8, 4) is 0 Å². The lowest BCUT2D eigenvalue weighted by atomic mass is 10.1. The Balaban J connectivity index is 1.79. The van der Waals surface area contributed by atoms with Gasteiger partial charge in [-0.25, -0.2) is 0 Å². The molecule has 0 saturated carbocycles. The fourth-order valence-electron chi connectivity index (χ4n) is 1.75.